The molecule has 1 aliphatic rings. The molecule has 0 bridgehead atoms. The van der Waals surface area contributed by atoms with Crippen LogP contribution in [0, 0.1) is 5.82 Å². The topological polar surface area (TPSA) is 40.6 Å². The van der Waals surface area contributed by atoms with Crippen molar-refractivity contribution in [3.8, 4) is 0 Å². The first kappa shape index (κ1) is 17.9. The maximum Gasteiger partial charge on any atom is 0.259 e. The van der Waals surface area contributed by atoms with Gasteiger partial charge in [0.05, 0.1) is 17.9 Å². The van der Waals surface area contributed by atoms with Crippen LogP contribution in [0.4, 0.5) is 15.8 Å². The van der Waals surface area contributed by atoms with Gasteiger partial charge < -0.3 is 4.90 Å². The number of para-hydroxylation sites is 2. The van der Waals surface area contributed by atoms with Crippen molar-refractivity contribution in [3.05, 3.63) is 95.8 Å². The van der Waals surface area contributed by atoms with Gasteiger partial charge in [0.1, 0.15) is 11.9 Å². The van der Waals surface area contributed by atoms with E-state index < -0.39 is 6.04 Å². The third-order valence-corrected chi connectivity index (χ3v) is 4.91. The molecule has 140 valence electrons. The zero-order chi connectivity index (χ0) is 19.7. The number of carbonyl (C=O) groups excluding carboxylic acids is 2. The van der Waals surface area contributed by atoms with Gasteiger partial charge in [-0.1, -0.05) is 42.5 Å². The summed E-state index contributed by atoms with van der Waals surface area (Å²) in [7, 11) is 0. The fourth-order valence-electron chi connectivity index (χ4n) is 3.55. The van der Waals surface area contributed by atoms with E-state index in [4.69, 9.17) is 0 Å². The van der Waals surface area contributed by atoms with Gasteiger partial charge in [-0.3, -0.25) is 14.5 Å². The van der Waals surface area contributed by atoms with Gasteiger partial charge in [-0.05, 0) is 48.9 Å². The number of hydrogen-bond acceptors (Lipinski definition) is 2. The van der Waals surface area contributed by atoms with Crippen LogP contribution in [0.5, 0.6) is 0 Å². The molecule has 0 spiro atoms. The molecule has 4 rings (SSSR count). The second-order valence-electron chi connectivity index (χ2n) is 6.76. The lowest BCUT2D eigenvalue weighted by Crippen LogP contribution is -2.54. The quantitative estimate of drug-likeness (QED) is 0.681. The van der Waals surface area contributed by atoms with Gasteiger partial charge in [0.15, 0.2) is 0 Å². The zero-order valence-electron chi connectivity index (χ0n) is 15.4. The second kappa shape index (κ2) is 7.27. The second-order valence-corrected chi connectivity index (χ2v) is 6.76. The summed E-state index contributed by atoms with van der Waals surface area (Å²) in [4.78, 5) is 29.4. The van der Waals surface area contributed by atoms with Crippen molar-refractivity contribution in [1.82, 2.24) is 0 Å². The minimum atomic E-state index is -0.670. The number of anilines is 2. The summed E-state index contributed by atoms with van der Waals surface area (Å²) < 4.78 is 13.6. The van der Waals surface area contributed by atoms with E-state index in [0.29, 0.717) is 22.5 Å². The average molecular weight is 374 g/mol. The molecular weight excluding hydrogens is 355 g/mol. The highest BCUT2D eigenvalue weighted by Crippen LogP contribution is 2.37. The Hall–Kier alpha value is -3.47. The molecule has 0 fully saturated rings. The predicted molar refractivity (Wildman–Crippen MR) is 107 cm³/mol. The van der Waals surface area contributed by atoms with Crippen molar-refractivity contribution >= 4 is 23.2 Å². The van der Waals surface area contributed by atoms with Crippen LogP contribution in [0.25, 0.3) is 0 Å². The van der Waals surface area contributed by atoms with Crippen molar-refractivity contribution in [2.75, 3.05) is 9.80 Å². The van der Waals surface area contributed by atoms with Crippen molar-refractivity contribution in [2.45, 2.75) is 19.5 Å². The lowest BCUT2D eigenvalue weighted by atomic mass is 10.0. The molecule has 0 aliphatic carbocycles. The molecule has 0 radical (unpaired) electrons. The highest BCUT2D eigenvalue weighted by atomic mass is 19.1. The van der Waals surface area contributed by atoms with Crippen LogP contribution in [-0.4, -0.2) is 17.9 Å². The Morgan fingerprint density at radius 2 is 1.61 bits per heavy atom. The largest absolute Gasteiger partial charge is 0.304 e. The number of halogens is 1. The first-order valence-electron chi connectivity index (χ1n) is 9.10. The number of nitrogens with zero attached hydrogens (tertiary/aromatic N) is 2. The predicted octanol–water partition coefficient (Wildman–Crippen LogP) is 4.41. The van der Waals surface area contributed by atoms with Gasteiger partial charge in [0, 0.05) is 5.56 Å². The highest BCUT2D eigenvalue weighted by Gasteiger charge is 2.38. The van der Waals surface area contributed by atoms with Gasteiger partial charge in [-0.2, -0.15) is 0 Å². The Morgan fingerprint density at radius 3 is 2.32 bits per heavy atom. The average Bonchev–Trinajstić information content (AvgIpc) is 2.72. The summed E-state index contributed by atoms with van der Waals surface area (Å²) in [6.07, 6.45) is 0. The third-order valence-electron chi connectivity index (χ3n) is 4.91. The molecule has 1 heterocycles. The molecule has 5 heteroatoms. The third kappa shape index (κ3) is 3.16. The first-order valence-corrected chi connectivity index (χ1v) is 9.10. The lowest BCUT2D eigenvalue weighted by molar-refractivity contribution is -0.119. The van der Waals surface area contributed by atoms with E-state index in [1.54, 1.807) is 48.2 Å². The normalized spacial score (nSPS) is 16.1. The highest BCUT2D eigenvalue weighted by molar-refractivity contribution is 6.17. The molecule has 1 atom stereocenters. The Labute approximate surface area is 162 Å². The van der Waals surface area contributed by atoms with E-state index in [9.17, 15) is 14.0 Å². The molecule has 4 nitrogen and oxygen atoms in total. The molecule has 0 saturated heterocycles. The van der Waals surface area contributed by atoms with Crippen molar-refractivity contribution < 1.29 is 14.0 Å². The summed E-state index contributed by atoms with van der Waals surface area (Å²) in [6, 6.07) is 21.7. The van der Waals surface area contributed by atoms with E-state index >= 15 is 0 Å². The molecule has 2 amide bonds. The van der Waals surface area contributed by atoms with E-state index in [0.717, 1.165) is 0 Å². The van der Waals surface area contributed by atoms with Crippen LogP contribution >= 0.6 is 0 Å². The van der Waals surface area contributed by atoms with Crippen LogP contribution in [-0.2, 0) is 11.3 Å². The van der Waals surface area contributed by atoms with E-state index in [-0.39, 0.29) is 24.2 Å². The molecule has 1 aliphatic heterocycles. The van der Waals surface area contributed by atoms with E-state index in [1.165, 1.54) is 17.0 Å². The number of hydrogen-bond donors (Lipinski definition) is 0. The van der Waals surface area contributed by atoms with Gasteiger partial charge >= 0.3 is 0 Å². The van der Waals surface area contributed by atoms with Crippen molar-refractivity contribution in [1.29, 1.82) is 0 Å². The number of amides is 2. The van der Waals surface area contributed by atoms with Crippen molar-refractivity contribution in [2.24, 2.45) is 0 Å². The van der Waals surface area contributed by atoms with Crippen molar-refractivity contribution in [3.63, 3.8) is 0 Å². The summed E-state index contributed by atoms with van der Waals surface area (Å²) in [5, 5.41) is 0. The van der Waals surface area contributed by atoms with Crippen LogP contribution in [0.1, 0.15) is 22.8 Å². The molecule has 0 unspecified atom stereocenters. The fraction of sp³-hybridized carbons (Fsp3) is 0.130. The summed E-state index contributed by atoms with van der Waals surface area (Å²) in [5.74, 6) is -0.768. The van der Waals surface area contributed by atoms with E-state index in [2.05, 4.69) is 0 Å². The summed E-state index contributed by atoms with van der Waals surface area (Å²) in [6.45, 7) is 1.96. The maximum absolute atomic E-state index is 13.6. The zero-order valence-corrected chi connectivity index (χ0v) is 15.4. The Balaban J connectivity index is 1.75. The van der Waals surface area contributed by atoms with Crippen LogP contribution in [0.3, 0.4) is 0 Å². The summed E-state index contributed by atoms with van der Waals surface area (Å²) >= 11 is 0. The lowest BCUT2D eigenvalue weighted by Gasteiger charge is -2.40. The minimum absolute atomic E-state index is 0.202. The Kier molecular flexibility index (Phi) is 4.65. The summed E-state index contributed by atoms with van der Waals surface area (Å²) in [5.41, 5.74) is 2.52. The maximum atomic E-state index is 13.6. The van der Waals surface area contributed by atoms with Gasteiger partial charge in [-0.15, -0.1) is 0 Å². The smallest absolute Gasteiger partial charge is 0.259 e. The molecular formula is C23H19FN2O2. The molecule has 0 N–H and O–H groups in total. The van der Waals surface area contributed by atoms with Gasteiger partial charge in [0.25, 0.3) is 5.91 Å². The van der Waals surface area contributed by atoms with Crippen LogP contribution in [0.15, 0.2) is 78.9 Å². The number of benzene rings is 3. The minimum Gasteiger partial charge on any atom is -0.304 e. The number of fused-ring (bicyclic) bond motifs is 1. The number of carbonyl (C=O) groups is 2. The molecule has 0 saturated carbocycles. The molecule has 28 heavy (non-hydrogen) atoms. The standard InChI is InChI=1S/C23H19FN2O2/c1-16-22(27)25(15-17-8-7-11-19(24)14-17)20-12-5-6-13-21(20)26(16)23(28)18-9-3-2-4-10-18/h2-14,16H,15H2,1H3/t16-/m0/s1. The molecule has 0 aromatic heterocycles. The SMILES string of the molecule is C[C@H]1C(=O)N(Cc2cccc(F)c2)c2ccccc2N1C(=O)c1ccccc1. The Bertz CT molecular complexity index is 1040. The number of rotatable bonds is 3. The molecule has 3 aromatic carbocycles. The monoisotopic (exact) mass is 374 g/mol. The first-order chi connectivity index (χ1) is 13.6. The van der Waals surface area contributed by atoms with Gasteiger partial charge in [-0.25, -0.2) is 4.39 Å². The van der Waals surface area contributed by atoms with E-state index in [1.807, 2.05) is 30.3 Å². The molecule has 3 aromatic rings. The van der Waals surface area contributed by atoms with Gasteiger partial charge in [0.2, 0.25) is 5.91 Å². The fourth-order valence-corrected chi connectivity index (χ4v) is 3.55. The van der Waals surface area contributed by atoms with Crippen LogP contribution < -0.4 is 9.80 Å². The van der Waals surface area contributed by atoms with Crippen LogP contribution in [0.2, 0.25) is 0 Å². The Morgan fingerprint density at radius 1 is 0.929 bits per heavy atom.